The Balaban J connectivity index is 1.30. The fourth-order valence-electron chi connectivity index (χ4n) is 4.18. The van der Waals surface area contributed by atoms with Crippen molar-refractivity contribution >= 4 is 6.03 Å². The summed E-state index contributed by atoms with van der Waals surface area (Å²) in [4.78, 5) is 12.4. The molecule has 2 atom stereocenters. The van der Waals surface area contributed by atoms with Crippen molar-refractivity contribution in [3.8, 4) is 0 Å². The number of fused-ring (bicyclic) bond motifs is 1. The van der Waals surface area contributed by atoms with Crippen molar-refractivity contribution in [2.45, 2.75) is 37.8 Å². The third kappa shape index (κ3) is 3.91. The molecule has 1 saturated heterocycles. The Morgan fingerprint density at radius 1 is 1.00 bits per heavy atom. The highest BCUT2D eigenvalue weighted by atomic mass is 16.5. The molecule has 2 amide bonds. The molecule has 2 N–H and O–H groups in total. The average molecular weight is 350 g/mol. The van der Waals surface area contributed by atoms with Crippen LogP contribution in [0.25, 0.3) is 0 Å². The first-order valence-electron chi connectivity index (χ1n) is 9.57. The SMILES string of the molecule is O=C(NCC1CCCOC1c1ccccc1)NC1Cc2ccccc2C1. The second-order valence-corrected chi connectivity index (χ2v) is 7.33. The van der Waals surface area contributed by atoms with Crippen molar-refractivity contribution in [2.75, 3.05) is 13.2 Å². The second-order valence-electron chi connectivity index (χ2n) is 7.33. The molecule has 2 aromatic carbocycles. The van der Waals surface area contributed by atoms with E-state index in [-0.39, 0.29) is 18.2 Å². The Hall–Kier alpha value is -2.33. The van der Waals surface area contributed by atoms with Gasteiger partial charge in [0.25, 0.3) is 0 Å². The Bertz CT molecular complexity index is 722. The maximum atomic E-state index is 12.4. The smallest absolute Gasteiger partial charge is 0.315 e. The number of carbonyl (C=O) groups excluding carboxylic acids is 1. The zero-order valence-electron chi connectivity index (χ0n) is 15.0. The average Bonchev–Trinajstić information content (AvgIpc) is 3.09. The normalized spacial score (nSPS) is 22.6. The van der Waals surface area contributed by atoms with E-state index in [9.17, 15) is 4.79 Å². The van der Waals surface area contributed by atoms with Gasteiger partial charge in [0.05, 0.1) is 6.10 Å². The van der Waals surface area contributed by atoms with Gasteiger partial charge in [-0.3, -0.25) is 0 Å². The zero-order chi connectivity index (χ0) is 17.8. The number of hydrogen-bond donors (Lipinski definition) is 2. The minimum absolute atomic E-state index is 0.0693. The molecule has 1 fully saturated rings. The highest BCUT2D eigenvalue weighted by molar-refractivity contribution is 5.74. The van der Waals surface area contributed by atoms with Gasteiger partial charge >= 0.3 is 6.03 Å². The predicted molar refractivity (Wildman–Crippen MR) is 102 cm³/mol. The lowest BCUT2D eigenvalue weighted by atomic mass is 9.89. The van der Waals surface area contributed by atoms with Crippen LogP contribution in [-0.4, -0.2) is 25.2 Å². The van der Waals surface area contributed by atoms with Crippen LogP contribution in [0.5, 0.6) is 0 Å². The number of amides is 2. The minimum Gasteiger partial charge on any atom is -0.373 e. The van der Waals surface area contributed by atoms with E-state index in [0.29, 0.717) is 12.5 Å². The number of benzene rings is 2. The van der Waals surface area contributed by atoms with Crippen LogP contribution in [0.2, 0.25) is 0 Å². The molecule has 2 unspecified atom stereocenters. The summed E-state index contributed by atoms with van der Waals surface area (Å²) in [5, 5.41) is 6.20. The molecule has 0 saturated carbocycles. The number of ether oxygens (including phenoxy) is 1. The molecule has 26 heavy (non-hydrogen) atoms. The van der Waals surface area contributed by atoms with E-state index >= 15 is 0 Å². The summed E-state index contributed by atoms with van der Waals surface area (Å²) >= 11 is 0. The highest BCUT2D eigenvalue weighted by Crippen LogP contribution is 2.33. The summed E-state index contributed by atoms with van der Waals surface area (Å²) in [5.74, 6) is 0.317. The number of carbonyl (C=O) groups is 1. The van der Waals surface area contributed by atoms with Crippen LogP contribution in [0.4, 0.5) is 4.79 Å². The molecule has 136 valence electrons. The third-order valence-corrected chi connectivity index (χ3v) is 5.48. The first kappa shape index (κ1) is 17.1. The topological polar surface area (TPSA) is 50.4 Å². The van der Waals surface area contributed by atoms with E-state index in [1.54, 1.807) is 0 Å². The van der Waals surface area contributed by atoms with Gasteiger partial charge in [0, 0.05) is 25.1 Å². The van der Waals surface area contributed by atoms with Gasteiger partial charge in [0.15, 0.2) is 0 Å². The van der Waals surface area contributed by atoms with Gasteiger partial charge in [-0.05, 0) is 42.4 Å². The van der Waals surface area contributed by atoms with E-state index in [2.05, 4.69) is 47.0 Å². The number of hydrogen-bond acceptors (Lipinski definition) is 2. The largest absolute Gasteiger partial charge is 0.373 e. The molecule has 1 heterocycles. The molecule has 4 rings (SSSR count). The van der Waals surface area contributed by atoms with Gasteiger partial charge in [-0.25, -0.2) is 4.79 Å². The van der Waals surface area contributed by atoms with E-state index in [1.807, 2.05) is 18.2 Å². The quantitative estimate of drug-likeness (QED) is 0.885. The van der Waals surface area contributed by atoms with Crippen LogP contribution in [0.1, 0.15) is 35.6 Å². The van der Waals surface area contributed by atoms with Crippen LogP contribution in [0.3, 0.4) is 0 Å². The van der Waals surface area contributed by atoms with Gasteiger partial charge in [0.2, 0.25) is 0 Å². The summed E-state index contributed by atoms with van der Waals surface area (Å²) in [6.07, 6.45) is 4.04. The number of urea groups is 1. The summed E-state index contributed by atoms with van der Waals surface area (Å²) in [6.45, 7) is 1.44. The minimum atomic E-state index is -0.0693. The Morgan fingerprint density at radius 3 is 2.42 bits per heavy atom. The molecule has 1 aliphatic heterocycles. The molecule has 4 nitrogen and oxygen atoms in total. The van der Waals surface area contributed by atoms with Crippen molar-refractivity contribution in [3.63, 3.8) is 0 Å². The van der Waals surface area contributed by atoms with Crippen molar-refractivity contribution < 1.29 is 9.53 Å². The van der Waals surface area contributed by atoms with Gasteiger partial charge in [-0.15, -0.1) is 0 Å². The molecular formula is C22H26N2O2. The van der Waals surface area contributed by atoms with Crippen molar-refractivity contribution in [3.05, 3.63) is 71.3 Å². The molecule has 2 aromatic rings. The molecule has 0 aromatic heterocycles. The first-order valence-corrected chi connectivity index (χ1v) is 9.57. The Morgan fingerprint density at radius 2 is 1.69 bits per heavy atom. The zero-order valence-corrected chi connectivity index (χ0v) is 15.0. The molecular weight excluding hydrogens is 324 g/mol. The summed E-state index contributed by atoms with van der Waals surface area (Å²) in [6, 6.07) is 18.9. The molecule has 0 bridgehead atoms. The van der Waals surface area contributed by atoms with Crippen LogP contribution in [-0.2, 0) is 17.6 Å². The summed E-state index contributed by atoms with van der Waals surface area (Å²) in [5.41, 5.74) is 3.90. The van der Waals surface area contributed by atoms with E-state index in [1.165, 1.54) is 16.7 Å². The molecule has 4 heteroatoms. The third-order valence-electron chi connectivity index (χ3n) is 5.48. The van der Waals surface area contributed by atoms with E-state index in [4.69, 9.17) is 4.74 Å². The van der Waals surface area contributed by atoms with Gasteiger partial charge in [-0.1, -0.05) is 54.6 Å². The Labute approximate surface area is 155 Å². The standard InChI is InChI=1S/C22H26N2O2/c25-22(24-20-13-17-9-4-5-10-18(17)14-20)23-15-19-11-6-12-26-21(19)16-7-2-1-3-8-16/h1-5,7-10,19-21H,6,11-15H2,(H2,23,24,25). The fraction of sp³-hybridized carbons (Fsp3) is 0.409. The van der Waals surface area contributed by atoms with Crippen molar-refractivity contribution in [1.82, 2.24) is 10.6 Å². The van der Waals surface area contributed by atoms with Crippen LogP contribution >= 0.6 is 0 Å². The predicted octanol–water partition coefficient (Wildman–Crippen LogP) is 3.62. The monoisotopic (exact) mass is 350 g/mol. The maximum Gasteiger partial charge on any atom is 0.315 e. The maximum absolute atomic E-state index is 12.4. The highest BCUT2D eigenvalue weighted by Gasteiger charge is 2.28. The number of nitrogens with one attached hydrogen (secondary N) is 2. The lowest BCUT2D eigenvalue weighted by Gasteiger charge is -2.32. The van der Waals surface area contributed by atoms with E-state index < -0.39 is 0 Å². The molecule has 2 aliphatic rings. The van der Waals surface area contributed by atoms with Crippen LogP contribution in [0.15, 0.2) is 54.6 Å². The summed E-state index contributed by atoms with van der Waals surface area (Å²) < 4.78 is 6.01. The van der Waals surface area contributed by atoms with Crippen molar-refractivity contribution in [2.24, 2.45) is 5.92 Å². The lowest BCUT2D eigenvalue weighted by molar-refractivity contribution is -0.0269. The van der Waals surface area contributed by atoms with Crippen LogP contribution < -0.4 is 10.6 Å². The van der Waals surface area contributed by atoms with Crippen molar-refractivity contribution in [1.29, 1.82) is 0 Å². The van der Waals surface area contributed by atoms with Gasteiger partial charge in [0.1, 0.15) is 0 Å². The van der Waals surface area contributed by atoms with Gasteiger partial charge < -0.3 is 15.4 Å². The first-order chi connectivity index (χ1) is 12.8. The number of rotatable bonds is 4. The fourth-order valence-corrected chi connectivity index (χ4v) is 4.18. The Kier molecular flexibility index (Phi) is 5.21. The molecule has 0 spiro atoms. The lowest BCUT2D eigenvalue weighted by Crippen LogP contribution is -2.45. The van der Waals surface area contributed by atoms with Gasteiger partial charge in [-0.2, -0.15) is 0 Å². The molecule has 1 aliphatic carbocycles. The van der Waals surface area contributed by atoms with Crippen LogP contribution in [0, 0.1) is 5.92 Å². The molecule has 0 radical (unpaired) electrons. The summed E-state index contributed by atoms with van der Waals surface area (Å²) in [7, 11) is 0. The second kappa shape index (κ2) is 7.92. The van der Waals surface area contributed by atoms with E-state index in [0.717, 1.165) is 32.3 Å².